The lowest BCUT2D eigenvalue weighted by Crippen LogP contribution is -2.21. The first kappa shape index (κ1) is 14.7. The highest BCUT2D eigenvalue weighted by Crippen LogP contribution is 2.13. The van der Waals surface area contributed by atoms with Crippen molar-refractivity contribution < 1.29 is 0 Å². The van der Waals surface area contributed by atoms with Gasteiger partial charge in [0.2, 0.25) is 5.95 Å². The monoisotopic (exact) mass is 250 g/mol. The van der Waals surface area contributed by atoms with Crippen LogP contribution < -0.4 is 10.2 Å². The van der Waals surface area contributed by atoms with Crippen molar-refractivity contribution in [2.45, 2.75) is 46.5 Å². The van der Waals surface area contributed by atoms with E-state index in [1.807, 2.05) is 13.0 Å². The van der Waals surface area contributed by atoms with Crippen molar-refractivity contribution in [1.29, 1.82) is 0 Å². The summed E-state index contributed by atoms with van der Waals surface area (Å²) in [5, 5.41) is 3.36. The minimum Gasteiger partial charge on any atom is -0.370 e. The molecular formula is C14H26N4. The zero-order valence-electron chi connectivity index (χ0n) is 12.2. The molecule has 18 heavy (non-hydrogen) atoms. The number of aryl methyl sites for hydroxylation is 1. The fraction of sp³-hybridized carbons (Fsp3) is 0.714. The Morgan fingerprint density at radius 1 is 1.17 bits per heavy atom. The quantitative estimate of drug-likeness (QED) is 0.719. The third kappa shape index (κ3) is 4.90. The zero-order valence-corrected chi connectivity index (χ0v) is 12.2. The van der Waals surface area contributed by atoms with E-state index < -0.39 is 0 Å². The lowest BCUT2D eigenvalue weighted by atomic mass is 10.3. The van der Waals surface area contributed by atoms with Crippen molar-refractivity contribution in [2.24, 2.45) is 0 Å². The van der Waals surface area contributed by atoms with E-state index in [0.29, 0.717) is 0 Å². The highest BCUT2D eigenvalue weighted by molar-refractivity contribution is 5.43. The van der Waals surface area contributed by atoms with Crippen LogP contribution in [0.5, 0.6) is 0 Å². The number of nitrogens with zero attached hydrogens (tertiary/aromatic N) is 3. The Morgan fingerprint density at radius 3 is 2.56 bits per heavy atom. The van der Waals surface area contributed by atoms with Crippen LogP contribution in [0.25, 0.3) is 0 Å². The van der Waals surface area contributed by atoms with Crippen molar-refractivity contribution in [3.63, 3.8) is 0 Å². The summed E-state index contributed by atoms with van der Waals surface area (Å²) in [6.07, 6.45) is 4.73. The second-order valence-corrected chi connectivity index (χ2v) is 4.75. The van der Waals surface area contributed by atoms with Crippen LogP contribution in [-0.2, 0) is 0 Å². The van der Waals surface area contributed by atoms with Crippen molar-refractivity contribution >= 4 is 11.8 Å². The van der Waals surface area contributed by atoms with E-state index in [9.17, 15) is 0 Å². The van der Waals surface area contributed by atoms with Gasteiger partial charge in [-0.25, -0.2) is 4.98 Å². The second-order valence-electron chi connectivity index (χ2n) is 4.75. The number of rotatable bonds is 8. The first-order valence-electron chi connectivity index (χ1n) is 6.98. The molecule has 0 fully saturated rings. The first-order chi connectivity index (χ1) is 8.67. The highest BCUT2D eigenvalue weighted by atomic mass is 15.2. The lowest BCUT2D eigenvalue weighted by molar-refractivity contribution is 0.748. The maximum Gasteiger partial charge on any atom is 0.227 e. The van der Waals surface area contributed by atoms with E-state index in [1.165, 1.54) is 25.7 Å². The molecule has 0 atom stereocenters. The lowest BCUT2D eigenvalue weighted by Gasteiger charge is -2.18. The number of nitrogens with one attached hydrogen (secondary N) is 1. The molecule has 0 aliphatic heterocycles. The van der Waals surface area contributed by atoms with Gasteiger partial charge in [0.1, 0.15) is 5.82 Å². The van der Waals surface area contributed by atoms with Gasteiger partial charge in [-0.1, -0.05) is 26.7 Å². The molecule has 0 bridgehead atoms. The van der Waals surface area contributed by atoms with Crippen molar-refractivity contribution in [1.82, 2.24) is 9.97 Å². The highest BCUT2D eigenvalue weighted by Gasteiger charge is 2.06. The Kier molecular flexibility index (Phi) is 6.47. The molecule has 1 N–H and O–H groups in total. The molecule has 0 radical (unpaired) electrons. The number of unbranched alkanes of at least 4 members (excludes halogenated alkanes) is 2. The van der Waals surface area contributed by atoms with E-state index in [0.717, 1.165) is 30.5 Å². The largest absolute Gasteiger partial charge is 0.370 e. The third-order valence-electron chi connectivity index (χ3n) is 2.87. The summed E-state index contributed by atoms with van der Waals surface area (Å²) in [4.78, 5) is 11.2. The van der Waals surface area contributed by atoms with Crippen LogP contribution in [0, 0.1) is 6.92 Å². The molecule has 0 aliphatic carbocycles. The fourth-order valence-corrected chi connectivity index (χ4v) is 1.70. The molecule has 0 unspecified atom stereocenters. The van der Waals surface area contributed by atoms with Gasteiger partial charge in [0, 0.05) is 31.9 Å². The molecule has 0 saturated heterocycles. The summed E-state index contributed by atoms with van der Waals surface area (Å²) in [5.74, 6) is 1.76. The van der Waals surface area contributed by atoms with Gasteiger partial charge < -0.3 is 10.2 Å². The molecular weight excluding hydrogens is 224 g/mol. The van der Waals surface area contributed by atoms with E-state index in [1.54, 1.807) is 0 Å². The maximum absolute atomic E-state index is 4.56. The standard InChI is InChI=1S/C14H26N4/c1-5-7-9-15-13-11-12(3)16-14(17-13)18(4)10-8-6-2/h11H,5-10H2,1-4H3,(H,15,16,17). The van der Waals surface area contributed by atoms with Crippen LogP contribution in [0.4, 0.5) is 11.8 Å². The summed E-state index contributed by atoms with van der Waals surface area (Å²) < 4.78 is 0. The van der Waals surface area contributed by atoms with E-state index in [2.05, 4.69) is 41.1 Å². The van der Waals surface area contributed by atoms with Gasteiger partial charge in [0.15, 0.2) is 0 Å². The Labute approximate surface area is 111 Å². The normalized spacial score (nSPS) is 10.4. The van der Waals surface area contributed by atoms with Crippen molar-refractivity contribution in [2.75, 3.05) is 30.4 Å². The molecule has 0 amide bonds. The molecule has 1 heterocycles. The minimum atomic E-state index is 0.822. The third-order valence-corrected chi connectivity index (χ3v) is 2.87. The molecule has 4 heteroatoms. The summed E-state index contributed by atoms with van der Waals surface area (Å²) in [5.41, 5.74) is 1.02. The predicted molar refractivity (Wildman–Crippen MR) is 78.3 cm³/mol. The Hall–Kier alpha value is -1.32. The second kappa shape index (κ2) is 7.90. The van der Waals surface area contributed by atoms with Gasteiger partial charge in [0.25, 0.3) is 0 Å². The summed E-state index contributed by atoms with van der Waals surface area (Å²) in [6.45, 7) is 8.39. The summed E-state index contributed by atoms with van der Waals surface area (Å²) in [7, 11) is 2.06. The van der Waals surface area contributed by atoms with Crippen LogP contribution >= 0.6 is 0 Å². The van der Waals surface area contributed by atoms with Gasteiger partial charge in [-0.15, -0.1) is 0 Å². The predicted octanol–water partition coefficient (Wildman–Crippen LogP) is 3.23. The Bertz CT molecular complexity index is 352. The van der Waals surface area contributed by atoms with Gasteiger partial charge in [-0.2, -0.15) is 4.98 Å². The van der Waals surface area contributed by atoms with Crippen LogP contribution in [0.2, 0.25) is 0 Å². The molecule has 102 valence electrons. The number of hydrogen-bond donors (Lipinski definition) is 1. The minimum absolute atomic E-state index is 0.822. The number of aromatic nitrogens is 2. The van der Waals surface area contributed by atoms with Gasteiger partial charge >= 0.3 is 0 Å². The molecule has 4 nitrogen and oxygen atoms in total. The molecule has 1 rings (SSSR count). The maximum atomic E-state index is 4.56. The molecule has 0 spiro atoms. The molecule has 0 aliphatic rings. The molecule has 0 saturated carbocycles. The molecule has 0 aromatic carbocycles. The number of hydrogen-bond acceptors (Lipinski definition) is 4. The average molecular weight is 250 g/mol. The summed E-state index contributed by atoms with van der Waals surface area (Å²) >= 11 is 0. The van der Waals surface area contributed by atoms with E-state index >= 15 is 0 Å². The Balaban J connectivity index is 2.67. The smallest absolute Gasteiger partial charge is 0.227 e. The fourth-order valence-electron chi connectivity index (χ4n) is 1.70. The molecule has 1 aromatic heterocycles. The van der Waals surface area contributed by atoms with Crippen LogP contribution in [0.3, 0.4) is 0 Å². The van der Waals surface area contributed by atoms with Crippen LogP contribution in [0.15, 0.2) is 6.07 Å². The average Bonchev–Trinajstić information content (AvgIpc) is 2.35. The topological polar surface area (TPSA) is 41.1 Å². The SMILES string of the molecule is CCCCNc1cc(C)nc(N(C)CCCC)n1. The number of anilines is 2. The van der Waals surface area contributed by atoms with E-state index in [4.69, 9.17) is 0 Å². The van der Waals surface area contributed by atoms with Crippen molar-refractivity contribution in [3.8, 4) is 0 Å². The molecule has 1 aromatic rings. The van der Waals surface area contributed by atoms with E-state index in [-0.39, 0.29) is 0 Å². The van der Waals surface area contributed by atoms with Crippen LogP contribution in [0.1, 0.15) is 45.2 Å². The Morgan fingerprint density at radius 2 is 1.89 bits per heavy atom. The van der Waals surface area contributed by atoms with Crippen molar-refractivity contribution in [3.05, 3.63) is 11.8 Å². The van der Waals surface area contributed by atoms with Crippen LogP contribution in [-0.4, -0.2) is 30.1 Å². The zero-order chi connectivity index (χ0) is 13.4. The summed E-state index contributed by atoms with van der Waals surface area (Å²) in [6, 6.07) is 2.01. The van der Waals surface area contributed by atoms with Gasteiger partial charge in [-0.3, -0.25) is 0 Å². The van der Waals surface area contributed by atoms with Gasteiger partial charge in [-0.05, 0) is 19.8 Å². The van der Waals surface area contributed by atoms with Gasteiger partial charge in [0.05, 0.1) is 0 Å². The first-order valence-corrected chi connectivity index (χ1v) is 6.98.